The smallest absolute Gasteiger partial charge is 0.234 e. The molecule has 0 aliphatic carbocycles. The number of aromatic nitrogens is 3. The van der Waals surface area contributed by atoms with Crippen LogP contribution in [0, 0.1) is 6.92 Å². The lowest BCUT2D eigenvalue weighted by Crippen LogP contribution is -2.16. The molecule has 0 unspecified atom stereocenters. The zero-order valence-electron chi connectivity index (χ0n) is 18.6. The van der Waals surface area contributed by atoms with E-state index in [4.69, 9.17) is 0 Å². The van der Waals surface area contributed by atoms with Crippen LogP contribution in [0.4, 0.5) is 5.69 Å². The standard InChI is InChI=1S/C24H30N4OS2/c1-5-28-22(15-30-14-19-12-10-18(4)11-13-19)26-27-24(28)31-16-23(29)25-21-9-7-6-8-20(21)17(2)3/h6-13,17H,5,14-16H2,1-4H3,(H,25,29). The van der Waals surface area contributed by atoms with Crippen molar-refractivity contribution in [3.8, 4) is 0 Å². The molecule has 164 valence electrons. The average Bonchev–Trinajstić information content (AvgIpc) is 3.15. The number of aryl methyl sites for hydroxylation is 1. The summed E-state index contributed by atoms with van der Waals surface area (Å²) >= 11 is 3.26. The van der Waals surface area contributed by atoms with E-state index in [1.807, 2.05) is 30.0 Å². The van der Waals surface area contributed by atoms with E-state index in [2.05, 4.69) is 78.1 Å². The molecule has 5 nitrogen and oxygen atoms in total. The fourth-order valence-electron chi connectivity index (χ4n) is 3.23. The number of nitrogens with one attached hydrogen (secondary N) is 1. The third kappa shape index (κ3) is 6.61. The van der Waals surface area contributed by atoms with Crippen molar-refractivity contribution in [1.82, 2.24) is 14.8 Å². The van der Waals surface area contributed by atoms with Crippen LogP contribution in [0.15, 0.2) is 53.7 Å². The van der Waals surface area contributed by atoms with Gasteiger partial charge in [0, 0.05) is 18.0 Å². The molecule has 1 heterocycles. The van der Waals surface area contributed by atoms with E-state index < -0.39 is 0 Å². The molecular weight excluding hydrogens is 424 g/mol. The summed E-state index contributed by atoms with van der Waals surface area (Å²) in [6.07, 6.45) is 0. The molecule has 3 rings (SSSR count). The molecule has 0 atom stereocenters. The van der Waals surface area contributed by atoms with Crippen molar-refractivity contribution in [2.24, 2.45) is 0 Å². The molecule has 0 aliphatic rings. The Morgan fingerprint density at radius 2 is 1.81 bits per heavy atom. The molecule has 1 N–H and O–H groups in total. The molecule has 1 aromatic heterocycles. The van der Waals surface area contributed by atoms with Crippen LogP contribution in [0.5, 0.6) is 0 Å². The highest BCUT2D eigenvalue weighted by Gasteiger charge is 2.14. The third-order valence-electron chi connectivity index (χ3n) is 4.92. The van der Waals surface area contributed by atoms with Gasteiger partial charge in [0.15, 0.2) is 5.16 Å². The van der Waals surface area contributed by atoms with Crippen molar-refractivity contribution in [1.29, 1.82) is 0 Å². The van der Waals surface area contributed by atoms with Crippen molar-refractivity contribution in [3.05, 3.63) is 71.0 Å². The van der Waals surface area contributed by atoms with Gasteiger partial charge in [-0.25, -0.2) is 0 Å². The maximum Gasteiger partial charge on any atom is 0.234 e. The summed E-state index contributed by atoms with van der Waals surface area (Å²) < 4.78 is 2.10. The number of para-hydroxylation sites is 1. The zero-order chi connectivity index (χ0) is 22.2. The zero-order valence-corrected chi connectivity index (χ0v) is 20.2. The van der Waals surface area contributed by atoms with E-state index in [0.29, 0.717) is 11.7 Å². The number of benzene rings is 2. The molecule has 7 heteroatoms. The Morgan fingerprint density at radius 3 is 2.52 bits per heavy atom. The summed E-state index contributed by atoms with van der Waals surface area (Å²) in [6.45, 7) is 9.22. The quantitative estimate of drug-likeness (QED) is 0.387. The van der Waals surface area contributed by atoms with Crippen molar-refractivity contribution in [2.45, 2.75) is 56.8 Å². The molecule has 0 fully saturated rings. The van der Waals surface area contributed by atoms with Gasteiger partial charge >= 0.3 is 0 Å². The summed E-state index contributed by atoms with van der Waals surface area (Å²) in [6, 6.07) is 16.6. The van der Waals surface area contributed by atoms with Crippen LogP contribution >= 0.6 is 23.5 Å². The molecule has 0 bridgehead atoms. The predicted molar refractivity (Wildman–Crippen MR) is 132 cm³/mol. The topological polar surface area (TPSA) is 59.8 Å². The van der Waals surface area contributed by atoms with Crippen LogP contribution in [0.1, 0.15) is 49.2 Å². The number of carbonyl (C=O) groups is 1. The van der Waals surface area contributed by atoms with E-state index >= 15 is 0 Å². The maximum absolute atomic E-state index is 12.5. The molecule has 1 amide bonds. The summed E-state index contributed by atoms with van der Waals surface area (Å²) in [5, 5.41) is 12.5. The minimum atomic E-state index is -0.0287. The van der Waals surface area contributed by atoms with Crippen LogP contribution in [-0.2, 0) is 22.8 Å². The second-order valence-electron chi connectivity index (χ2n) is 7.70. The lowest BCUT2D eigenvalue weighted by atomic mass is 10.0. The third-order valence-corrected chi connectivity index (χ3v) is 6.89. The van der Waals surface area contributed by atoms with Crippen LogP contribution in [0.3, 0.4) is 0 Å². The predicted octanol–water partition coefficient (Wildman–Crippen LogP) is 5.89. The monoisotopic (exact) mass is 454 g/mol. The fourth-order valence-corrected chi connectivity index (χ4v) is 4.97. The van der Waals surface area contributed by atoms with E-state index in [0.717, 1.165) is 40.3 Å². The summed E-state index contributed by atoms with van der Waals surface area (Å²) in [7, 11) is 0. The number of hydrogen-bond acceptors (Lipinski definition) is 5. The van der Waals surface area contributed by atoms with Gasteiger partial charge in [0.25, 0.3) is 0 Å². The highest BCUT2D eigenvalue weighted by molar-refractivity contribution is 7.99. The average molecular weight is 455 g/mol. The molecule has 3 aromatic rings. The van der Waals surface area contributed by atoms with Gasteiger partial charge in [-0.15, -0.1) is 22.0 Å². The fraction of sp³-hybridized carbons (Fsp3) is 0.375. The molecule has 2 aromatic carbocycles. The number of amides is 1. The van der Waals surface area contributed by atoms with Gasteiger partial charge in [-0.05, 0) is 37.0 Å². The Morgan fingerprint density at radius 1 is 1.06 bits per heavy atom. The normalized spacial score (nSPS) is 11.1. The molecule has 0 spiro atoms. The summed E-state index contributed by atoms with van der Waals surface area (Å²) in [5.74, 6) is 3.32. The first kappa shape index (κ1) is 23.4. The Kier molecular flexibility index (Phi) is 8.60. The largest absolute Gasteiger partial charge is 0.325 e. The van der Waals surface area contributed by atoms with Gasteiger partial charge in [0.1, 0.15) is 5.82 Å². The molecule has 31 heavy (non-hydrogen) atoms. The van der Waals surface area contributed by atoms with Crippen LogP contribution in [0.25, 0.3) is 0 Å². The molecule has 0 saturated heterocycles. The van der Waals surface area contributed by atoms with Crippen molar-refractivity contribution in [3.63, 3.8) is 0 Å². The Hall–Kier alpha value is -2.25. The van der Waals surface area contributed by atoms with Crippen LogP contribution in [-0.4, -0.2) is 26.4 Å². The van der Waals surface area contributed by atoms with E-state index in [-0.39, 0.29) is 5.91 Å². The first-order valence-corrected chi connectivity index (χ1v) is 12.7. The van der Waals surface area contributed by atoms with Gasteiger partial charge in [-0.1, -0.05) is 73.6 Å². The second-order valence-corrected chi connectivity index (χ2v) is 9.63. The Balaban J connectivity index is 1.54. The van der Waals surface area contributed by atoms with Gasteiger partial charge in [-0.2, -0.15) is 0 Å². The molecule has 0 radical (unpaired) electrons. The second kappa shape index (κ2) is 11.4. The number of nitrogens with zero attached hydrogens (tertiary/aromatic N) is 3. The highest BCUT2D eigenvalue weighted by Crippen LogP contribution is 2.25. The maximum atomic E-state index is 12.5. The van der Waals surface area contributed by atoms with Crippen molar-refractivity contribution < 1.29 is 4.79 Å². The molecule has 0 saturated carbocycles. The van der Waals surface area contributed by atoms with E-state index in [9.17, 15) is 4.79 Å². The molecular formula is C24H30N4OS2. The number of hydrogen-bond donors (Lipinski definition) is 1. The van der Waals surface area contributed by atoms with Gasteiger partial charge in [-0.3, -0.25) is 4.79 Å². The molecule has 0 aliphatic heterocycles. The summed E-state index contributed by atoms with van der Waals surface area (Å²) in [5.41, 5.74) is 4.61. The Bertz CT molecular complexity index is 999. The lowest BCUT2D eigenvalue weighted by molar-refractivity contribution is -0.113. The van der Waals surface area contributed by atoms with E-state index in [1.54, 1.807) is 0 Å². The summed E-state index contributed by atoms with van der Waals surface area (Å²) in [4.78, 5) is 12.5. The van der Waals surface area contributed by atoms with Crippen molar-refractivity contribution >= 4 is 35.1 Å². The number of anilines is 1. The SMILES string of the molecule is CCn1c(CSCc2ccc(C)cc2)nnc1SCC(=O)Nc1ccccc1C(C)C. The number of thioether (sulfide) groups is 2. The van der Waals surface area contributed by atoms with E-state index in [1.165, 1.54) is 22.9 Å². The minimum absolute atomic E-state index is 0.0287. The number of carbonyl (C=O) groups excluding carboxylic acids is 1. The van der Waals surface area contributed by atoms with Gasteiger partial charge < -0.3 is 9.88 Å². The van der Waals surface area contributed by atoms with Crippen LogP contribution < -0.4 is 5.32 Å². The first-order valence-electron chi connectivity index (χ1n) is 10.5. The van der Waals surface area contributed by atoms with Gasteiger partial charge in [0.05, 0.1) is 11.5 Å². The minimum Gasteiger partial charge on any atom is -0.325 e. The van der Waals surface area contributed by atoms with Crippen LogP contribution in [0.2, 0.25) is 0 Å². The Labute approximate surface area is 193 Å². The van der Waals surface area contributed by atoms with Gasteiger partial charge in [0.2, 0.25) is 5.91 Å². The first-order chi connectivity index (χ1) is 15.0. The lowest BCUT2D eigenvalue weighted by Gasteiger charge is -2.13. The number of rotatable bonds is 10. The van der Waals surface area contributed by atoms with Crippen molar-refractivity contribution in [2.75, 3.05) is 11.1 Å². The highest BCUT2D eigenvalue weighted by atomic mass is 32.2.